The molecule has 0 aliphatic carbocycles. The van der Waals surface area contributed by atoms with Gasteiger partial charge in [0.2, 0.25) is 5.89 Å². The van der Waals surface area contributed by atoms with Gasteiger partial charge in [0.25, 0.3) is 5.91 Å². The van der Waals surface area contributed by atoms with Gasteiger partial charge in [0.15, 0.2) is 5.69 Å². The maximum absolute atomic E-state index is 12.9. The summed E-state index contributed by atoms with van der Waals surface area (Å²) in [4.78, 5) is 17.5. The van der Waals surface area contributed by atoms with Crippen LogP contribution >= 0.6 is 0 Å². The summed E-state index contributed by atoms with van der Waals surface area (Å²) in [5.74, 6) is 2.22. The van der Waals surface area contributed by atoms with Crippen LogP contribution in [0, 0.1) is 13.8 Å². The lowest BCUT2D eigenvalue weighted by atomic mass is 10.2. The van der Waals surface area contributed by atoms with Gasteiger partial charge in [-0.1, -0.05) is 17.3 Å². The Labute approximate surface area is 204 Å². The first-order valence-electron chi connectivity index (χ1n) is 11.5. The lowest BCUT2D eigenvalue weighted by molar-refractivity contribution is 0.102. The number of ether oxygens (including phenoxy) is 2. The molecular formula is C26H29N5O4. The smallest absolute Gasteiger partial charge is 0.278 e. The van der Waals surface area contributed by atoms with E-state index in [1.807, 2.05) is 64.1 Å². The van der Waals surface area contributed by atoms with Crippen molar-refractivity contribution in [3.63, 3.8) is 0 Å². The molecule has 0 aliphatic heterocycles. The van der Waals surface area contributed by atoms with Crippen LogP contribution in [0.2, 0.25) is 0 Å². The highest BCUT2D eigenvalue weighted by molar-refractivity contribution is 6.04. The normalized spacial score (nSPS) is 11.0. The number of aromatic nitrogens is 4. The van der Waals surface area contributed by atoms with Crippen molar-refractivity contribution in [3.05, 3.63) is 71.4 Å². The Morgan fingerprint density at radius 1 is 1.11 bits per heavy atom. The third-order valence-electron chi connectivity index (χ3n) is 5.30. The van der Waals surface area contributed by atoms with Crippen molar-refractivity contribution in [1.29, 1.82) is 0 Å². The van der Waals surface area contributed by atoms with Crippen LogP contribution in [-0.4, -0.2) is 38.6 Å². The molecule has 0 atom stereocenters. The molecule has 1 N–H and O–H groups in total. The van der Waals surface area contributed by atoms with Crippen LogP contribution in [-0.2, 0) is 6.54 Å². The van der Waals surface area contributed by atoms with E-state index in [9.17, 15) is 4.79 Å². The van der Waals surface area contributed by atoms with Gasteiger partial charge in [-0.3, -0.25) is 4.79 Å². The molecule has 0 fully saturated rings. The van der Waals surface area contributed by atoms with E-state index >= 15 is 0 Å². The van der Waals surface area contributed by atoms with Crippen LogP contribution in [0.5, 0.6) is 11.5 Å². The van der Waals surface area contributed by atoms with E-state index in [0.717, 1.165) is 11.3 Å². The number of carbonyl (C=O) groups is 1. The Hall–Kier alpha value is -4.14. The highest BCUT2D eigenvalue weighted by Gasteiger charge is 2.20. The molecule has 4 rings (SSSR count). The highest BCUT2D eigenvalue weighted by atomic mass is 16.5. The topological polar surface area (TPSA) is 104 Å². The number of nitrogens with zero attached hydrogens (tertiary/aromatic N) is 4. The lowest BCUT2D eigenvalue weighted by Crippen LogP contribution is -2.15. The maximum Gasteiger partial charge on any atom is 0.278 e. The second-order valence-corrected chi connectivity index (χ2v) is 8.28. The summed E-state index contributed by atoms with van der Waals surface area (Å²) in [7, 11) is 0. The second-order valence-electron chi connectivity index (χ2n) is 8.28. The van der Waals surface area contributed by atoms with Crippen LogP contribution in [0.15, 0.2) is 52.9 Å². The number of oxazole rings is 1. The summed E-state index contributed by atoms with van der Waals surface area (Å²) in [5, 5.41) is 11.1. The third-order valence-corrected chi connectivity index (χ3v) is 5.30. The Morgan fingerprint density at radius 2 is 1.86 bits per heavy atom. The molecule has 35 heavy (non-hydrogen) atoms. The zero-order valence-corrected chi connectivity index (χ0v) is 20.5. The number of rotatable bonds is 9. The summed E-state index contributed by atoms with van der Waals surface area (Å²) in [5.41, 5.74) is 2.99. The van der Waals surface area contributed by atoms with Gasteiger partial charge in [-0.15, -0.1) is 5.10 Å². The molecule has 0 saturated carbocycles. The van der Waals surface area contributed by atoms with Crippen molar-refractivity contribution in [1.82, 2.24) is 20.0 Å². The minimum atomic E-state index is -0.359. The first-order valence-corrected chi connectivity index (χ1v) is 11.5. The van der Waals surface area contributed by atoms with E-state index < -0.39 is 0 Å². The standard InChI is InChI=1S/C26H29N5O4/c1-6-33-23-10-8-7-9-21(23)27-25(32)24-17(4)31(30-29-24)15-22-18(5)35-26(28-22)19-11-13-20(14-12-19)34-16(2)3/h7-14,16H,6,15H2,1-5H3,(H,27,32). The minimum Gasteiger partial charge on any atom is -0.492 e. The summed E-state index contributed by atoms with van der Waals surface area (Å²) in [6.07, 6.45) is 0.105. The van der Waals surface area contributed by atoms with Crippen molar-refractivity contribution in [3.8, 4) is 23.0 Å². The van der Waals surface area contributed by atoms with Crippen molar-refractivity contribution in [2.75, 3.05) is 11.9 Å². The van der Waals surface area contributed by atoms with Crippen molar-refractivity contribution in [2.45, 2.75) is 47.3 Å². The van der Waals surface area contributed by atoms with E-state index in [2.05, 4.69) is 20.6 Å². The molecule has 0 saturated heterocycles. The van der Waals surface area contributed by atoms with Gasteiger partial charge in [0.1, 0.15) is 23.0 Å². The number of amides is 1. The number of carbonyl (C=O) groups excluding carboxylic acids is 1. The van der Waals surface area contributed by atoms with Crippen LogP contribution < -0.4 is 14.8 Å². The Balaban J connectivity index is 1.49. The molecule has 0 bridgehead atoms. The van der Waals surface area contributed by atoms with E-state index in [4.69, 9.17) is 13.9 Å². The molecule has 1 amide bonds. The molecule has 4 aromatic rings. The van der Waals surface area contributed by atoms with Crippen molar-refractivity contribution in [2.24, 2.45) is 0 Å². The van der Waals surface area contributed by atoms with Crippen molar-refractivity contribution < 1.29 is 18.7 Å². The third kappa shape index (κ3) is 5.51. The predicted octanol–water partition coefficient (Wildman–Crippen LogP) is 5.04. The molecule has 2 aromatic carbocycles. The fourth-order valence-electron chi connectivity index (χ4n) is 3.54. The number of hydrogen-bond acceptors (Lipinski definition) is 7. The van der Waals surface area contributed by atoms with Crippen LogP contribution in [0.25, 0.3) is 11.5 Å². The molecule has 0 spiro atoms. The first kappa shape index (κ1) is 24.0. The van der Waals surface area contributed by atoms with Crippen molar-refractivity contribution >= 4 is 11.6 Å². The lowest BCUT2D eigenvalue weighted by Gasteiger charge is -2.10. The molecule has 9 nitrogen and oxygen atoms in total. The molecule has 9 heteroatoms. The minimum absolute atomic E-state index is 0.105. The van der Waals surface area contributed by atoms with E-state index in [1.54, 1.807) is 23.7 Å². The number of nitrogens with one attached hydrogen (secondary N) is 1. The molecule has 2 aromatic heterocycles. The van der Waals surface area contributed by atoms with Gasteiger partial charge in [-0.05, 0) is 71.0 Å². The number of aryl methyl sites for hydroxylation is 1. The molecule has 2 heterocycles. The van der Waals surface area contributed by atoms with Gasteiger partial charge in [0.05, 0.1) is 30.6 Å². The van der Waals surface area contributed by atoms with Gasteiger partial charge in [-0.25, -0.2) is 9.67 Å². The fourth-order valence-corrected chi connectivity index (χ4v) is 3.54. The van der Waals surface area contributed by atoms with Crippen LogP contribution in [0.3, 0.4) is 0 Å². The summed E-state index contributed by atoms with van der Waals surface area (Å²) in [6, 6.07) is 14.9. The maximum atomic E-state index is 12.9. The van der Waals surface area contributed by atoms with E-state index in [1.165, 1.54) is 0 Å². The van der Waals surface area contributed by atoms with E-state index in [-0.39, 0.29) is 17.7 Å². The molecule has 0 radical (unpaired) electrons. The average molecular weight is 476 g/mol. The van der Waals surface area contributed by atoms with Crippen LogP contribution in [0.1, 0.15) is 48.4 Å². The van der Waals surface area contributed by atoms with Gasteiger partial charge in [0, 0.05) is 5.56 Å². The van der Waals surface area contributed by atoms with Crippen LogP contribution in [0.4, 0.5) is 5.69 Å². The molecule has 0 aliphatic rings. The summed E-state index contributed by atoms with van der Waals surface area (Å²) < 4.78 is 18.8. The monoisotopic (exact) mass is 475 g/mol. The van der Waals surface area contributed by atoms with Gasteiger partial charge < -0.3 is 19.2 Å². The Morgan fingerprint density at radius 3 is 2.57 bits per heavy atom. The highest BCUT2D eigenvalue weighted by Crippen LogP contribution is 2.26. The molecular weight excluding hydrogens is 446 g/mol. The zero-order valence-electron chi connectivity index (χ0n) is 20.5. The summed E-state index contributed by atoms with van der Waals surface area (Å²) >= 11 is 0. The van der Waals surface area contributed by atoms with E-state index in [0.29, 0.717) is 47.6 Å². The second kappa shape index (κ2) is 10.4. The molecule has 182 valence electrons. The number of anilines is 1. The average Bonchev–Trinajstić information content (AvgIpc) is 3.38. The predicted molar refractivity (Wildman–Crippen MR) is 132 cm³/mol. The molecule has 0 unspecified atom stereocenters. The SMILES string of the molecule is CCOc1ccccc1NC(=O)c1nnn(Cc2nc(-c3ccc(OC(C)C)cc3)oc2C)c1C. The number of hydrogen-bond donors (Lipinski definition) is 1. The zero-order chi connectivity index (χ0) is 24.9. The fraction of sp³-hybridized carbons (Fsp3) is 0.308. The first-order chi connectivity index (χ1) is 16.9. The van der Waals surface area contributed by atoms with Gasteiger partial charge >= 0.3 is 0 Å². The number of para-hydroxylation sites is 2. The Kier molecular flexibility index (Phi) is 7.14. The number of benzene rings is 2. The largest absolute Gasteiger partial charge is 0.492 e. The quantitative estimate of drug-likeness (QED) is 0.362. The summed E-state index contributed by atoms with van der Waals surface area (Å²) in [6.45, 7) is 10.3. The van der Waals surface area contributed by atoms with Gasteiger partial charge in [-0.2, -0.15) is 0 Å². The Bertz CT molecular complexity index is 1310.